The van der Waals surface area contributed by atoms with E-state index in [1.165, 1.54) is 6.42 Å². The third-order valence-electron chi connectivity index (χ3n) is 4.76. The van der Waals surface area contributed by atoms with E-state index in [9.17, 15) is 0 Å². The highest BCUT2D eigenvalue weighted by Crippen LogP contribution is 2.42. The molecule has 0 unspecified atom stereocenters. The molecular weight excluding hydrogens is 252 g/mol. The Labute approximate surface area is 123 Å². The molecule has 5 heteroatoms. The lowest BCUT2D eigenvalue weighted by molar-refractivity contribution is -0.338. The van der Waals surface area contributed by atoms with E-state index in [1.807, 2.05) is 27.7 Å². The van der Waals surface area contributed by atoms with Crippen molar-refractivity contribution < 1.29 is 4.84 Å². The summed E-state index contributed by atoms with van der Waals surface area (Å²) < 4.78 is 0. The van der Waals surface area contributed by atoms with Gasteiger partial charge in [0.25, 0.3) is 0 Å². The van der Waals surface area contributed by atoms with Crippen LogP contribution >= 0.6 is 0 Å². The SMILES string of the molecule is CC1(C)CCCC(C)(C)N1OC(C)(C)C(C)(C)N=[N+]=[N-]. The van der Waals surface area contributed by atoms with Crippen LogP contribution in [0.3, 0.4) is 0 Å². The first-order chi connectivity index (χ1) is 8.86. The maximum atomic E-state index is 8.77. The van der Waals surface area contributed by atoms with Gasteiger partial charge in [0.1, 0.15) is 0 Å². The van der Waals surface area contributed by atoms with E-state index in [0.717, 1.165) is 12.8 Å². The van der Waals surface area contributed by atoms with Crippen molar-refractivity contribution in [3.05, 3.63) is 10.4 Å². The van der Waals surface area contributed by atoms with Crippen LogP contribution in [0, 0.1) is 0 Å². The lowest BCUT2D eigenvalue weighted by atomic mass is 9.81. The van der Waals surface area contributed by atoms with Crippen molar-refractivity contribution in [1.29, 1.82) is 0 Å². The first-order valence-electron chi connectivity index (χ1n) is 7.41. The van der Waals surface area contributed by atoms with Crippen LogP contribution in [0.4, 0.5) is 0 Å². The predicted octanol–water partition coefficient (Wildman–Crippen LogP) is 4.83. The first kappa shape index (κ1) is 17.3. The molecule has 0 saturated carbocycles. The van der Waals surface area contributed by atoms with E-state index in [-0.39, 0.29) is 11.1 Å². The summed E-state index contributed by atoms with van der Waals surface area (Å²) in [5.41, 5.74) is 7.52. The first-order valence-corrected chi connectivity index (χ1v) is 7.41. The molecule has 1 fully saturated rings. The second-order valence-corrected chi connectivity index (χ2v) is 8.12. The number of hydrogen-bond acceptors (Lipinski definition) is 3. The van der Waals surface area contributed by atoms with Gasteiger partial charge in [0.05, 0.1) is 11.1 Å². The van der Waals surface area contributed by atoms with Gasteiger partial charge in [0.15, 0.2) is 0 Å². The topological polar surface area (TPSA) is 61.2 Å². The average molecular weight is 282 g/mol. The number of azide groups is 1. The van der Waals surface area contributed by atoms with Crippen LogP contribution in [0.2, 0.25) is 0 Å². The molecule has 20 heavy (non-hydrogen) atoms. The van der Waals surface area contributed by atoms with Gasteiger partial charge < -0.3 is 0 Å². The second kappa shape index (κ2) is 5.21. The van der Waals surface area contributed by atoms with Gasteiger partial charge in [-0.1, -0.05) is 19.0 Å². The van der Waals surface area contributed by atoms with Crippen molar-refractivity contribution >= 4 is 0 Å². The number of hydrogen-bond donors (Lipinski definition) is 0. The molecule has 1 saturated heterocycles. The molecule has 0 aliphatic carbocycles. The van der Waals surface area contributed by atoms with Gasteiger partial charge in [0.2, 0.25) is 0 Å². The van der Waals surface area contributed by atoms with E-state index in [0.29, 0.717) is 0 Å². The van der Waals surface area contributed by atoms with E-state index < -0.39 is 11.1 Å². The van der Waals surface area contributed by atoms with Crippen molar-refractivity contribution in [1.82, 2.24) is 5.06 Å². The summed E-state index contributed by atoms with van der Waals surface area (Å²) >= 11 is 0. The predicted molar refractivity (Wildman–Crippen MR) is 82.2 cm³/mol. The molecule has 1 heterocycles. The molecular formula is C15H30N4O. The molecule has 0 atom stereocenters. The summed E-state index contributed by atoms with van der Waals surface area (Å²) in [6.07, 6.45) is 3.42. The van der Waals surface area contributed by atoms with Crippen molar-refractivity contribution in [2.24, 2.45) is 5.11 Å². The summed E-state index contributed by atoms with van der Waals surface area (Å²) in [5.74, 6) is 0. The lowest BCUT2D eigenvalue weighted by Gasteiger charge is -2.55. The normalized spacial score (nSPS) is 23.2. The van der Waals surface area contributed by atoms with Gasteiger partial charge in [-0.25, -0.2) is 0 Å². The van der Waals surface area contributed by atoms with Crippen LogP contribution in [0.25, 0.3) is 10.4 Å². The van der Waals surface area contributed by atoms with Gasteiger partial charge in [0, 0.05) is 16.0 Å². The minimum absolute atomic E-state index is 0.0224. The fourth-order valence-electron chi connectivity index (χ4n) is 2.80. The number of rotatable bonds is 4. The van der Waals surface area contributed by atoms with E-state index in [4.69, 9.17) is 10.4 Å². The molecule has 0 aromatic heterocycles. The molecule has 0 N–H and O–H groups in total. The largest absolute Gasteiger partial charge is 0.291 e. The molecule has 1 aliphatic heterocycles. The smallest absolute Gasteiger partial charge is 0.0951 e. The Hall–Kier alpha value is -0.770. The van der Waals surface area contributed by atoms with Crippen molar-refractivity contribution in [2.45, 2.75) is 96.9 Å². The third kappa shape index (κ3) is 3.27. The van der Waals surface area contributed by atoms with Crippen LogP contribution in [0.1, 0.15) is 74.7 Å². The minimum Gasteiger partial charge on any atom is -0.291 e. The Balaban J connectivity index is 3.07. The molecule has 0 aromatic rings. The Bertz CT molecular complexity index is 390. The van der Waals surface area contributed by atoms with Crippen LogP contribution in [0.5, 0.6) is 0 Å². The molecule has 0 radical (unpaired) electrons. The second-order valence-electron chi connectivity index (χ2n) is 8.12. The molecule has 1 rings (SSSR count). The van der Waals surface area contributed by atoms with Crippen LogP contribution in [-0.4, -0.2) is 27.3 Å². The minimum atomic E-state index is -0.620. The fourth-order valence-corrected chi connectivity index (χ4v) is 2.80. The molecule has 116 valence electrons. The van der Waals surface area contributed by atoms with Gasteiger partial charge in [-0.15, -0.1) is 0 Å². The Kier molecular flexibility index (Phi) is 4.50. The highest BCUT2D eigenvalue weighted by molar-refractivity contribution is 4.99. The molecule has 0 bridgehead atoms. The summed E-state index contributed by atoms with van der Waals surface area (Å²) in [5, 5.41) is 6.04. The van der Waals surface area contributed by atoms with Gasteiger partial charge in [-0.05, 0) is 66.3 Å². The Morgan fingerprint density at radius 3 is 1.90 bits per heavy atom. The van der Waals surface area contributed by atoms with E-state index >= 15 is 0 Å². The zero-order valence-corrected chi connectivity index (χ0v) is 14.3. The van der Waals surface area contributed by atoms with Crippen molar-refractivity contribution in [3.8, 4) is 0 Å². The molecule has 0 spiro atoms. The third-order valence-corrected chi connectivity index (χ3v) is 4.76. The summed E-state index contributed by atoms with van der Waals surface area (Å²) in [7, 11) is 0. The maximum Gasteiger partial charge on any atom is 0.0951 e. The van der Waals surface area contributed by atoms with Crippen molar-refractivity contribution in [3.63, 3.8) is 0 Å². The summed E-state index contributed by atoms with van der Waals surface area (Å²) in [6.45, 7) is 16.7. The number of piperidine rings is 1. The van der Waals surface area contributed by atoms with Gasteiger partial charge >= 0.3 is 0 Å². The maximum absolute atomic E-state index is 8.77. The van der Waals surface area contributed by atoms with Gasteiger partial charge in [-0.3, -0.25) is 4.84 Å². The fraction of sp³-hybridized carbons (Fsp3) is 1.00. The Morgan fingerprint density at radius 1 is 1.05 bits per heavy atom. The van der Waals surface area contributed by atoms with Crippen LogP contribution in [0.15, 0.2) is 5.11 Å². The highest BCUT2D eigenvalue weighted by atomic mass is 16.7. The quantitative estimate of drug-likeness (QED) is 0.421. The molecule has 0 amide bonds. The van der Waals surface area contributed by atoms with Gasteiger partial charge in [-0.2, -0.15) is 5.06 Å². The van der Waals surface area contributed by atoms with E-state index in [1.54, 1.807) is 0 Å². The zero-order valence-electron chi connectivity index (χ0n) is 14.3. The van der Waals surface area contributed by atoms with Crippen molar-refractivity contribution in [2.75, 3.05) is 0 Å². The zero-order chi connectivity index (χ0) is 15.8. The number of hydroxylamine groups is 2. The summed E-state index contributed by atoms with van der Waals surface area (Å²) in [6, 6.07) is 0. The van der Waals surface area contributed by atoms with E-state index in [2.05, 4.69) is 42.8 Å². The monoisotopic (exact) mass is 282 g/mol. The molecule has 5 nitrogen and oxygen atoms in total. The van der Waals surface area contributed by atoms with Crippen LogP contribution < -0.4 is 0 Å². The molecule has 0 aromatic carbocycles. The highest BCUT2D eigenvalue weighted by Gasteiger charge is 2.48. The summed E-state index contributed by atoms with van der Waals surface area (Å²) in [4.78, 5) is 9.36. The average Bonchev–Trinajstić information content (AvgIpc) is 2.23. The molecule has 1 aliphatic rings. The lowest BCUT2D eigenvalue weighted by Crippen LogP contribution is -2.63. The number of nitrogens with zero attached hydrogens (tertiary/aromatic N) is 4. The standard InChI is InChI=1S/C15H30N4O/c1-12(2)10-9-11-13(3,4)19(12)20-15(7,8)14(5,6)17-18-16/h9-11H2,1-8H3. The Morgan fingerprint density at radius 2 is 1.50 bits per heavy atom. The van der Waals surface area contributed by atoms with Crippen LogP contribution in [-0.2, 0) is 4.84 Å².